The summed E-state index contributed by atoms with van der Waals surface area (Å²) >= 11 is 0. The van der Waals surface area contributed by atoms with E-state index in [1.165, 1.54) is 49.7 Å². The monoisotopic (exact) mass is 768 g/mol. The average Bonchev–Trinajstić information content (AvgIpc) is 3.91. The van der Waals surface area contributed by atoms with Gasteiger partial charge in [0, 0.05) is 61.3 Å². The zero-order chi connectivity index (χ0) is 40.0. The van der Waals surface area contributed by atoms with Gasteiger partial charge in [0.25, 0.3) is 0 Å². The van der Waals surface area contributed by atoms with Crippen LogP contribution in [0.2, 0.25) is 0 Å². The fraction of sp³-hybridized carbons (Fsp3) is 0.0526. The Morgan fingerprint density at radius 1 is 0.417 bits per heavy atom. The van der Waals surface area contributed by atoms with E-state index in [-0.39, 0.29) is 5.41 Å². The molecule has 3 heteroatoms. The van der Waals surface area contributed by atoms with Gasteiger partial charge in [-0.2, -0.15) is 0 Å². The summed E-state index contributed by atoms with van der Waals surface area (Å²) in [6, 6.07) is 74.8. The molecule has 11 aromatic rings. The number of benzene rings is 9. The molecule has 0 saturated heterocycles. The minimum atomic E-state index is -0.138. The minimum Gasteiger partial charge on any atom is -0.456 e. The largest absolute Gasteiger partial charge is 0.456 e. The van der Waals surface area contributed by atoms with E-state index >= 15 is 0 Å². The maximum Gasteiger partial charge on any atom is 0.138 e. The minimum absolute atomic E-state index is 0.138. The summed E-state index contributed by atoms with van der Waals surface area (Å²) in [5, 5.41) is 4.63. The fourth-order valence-corrected chi connectivity index (χ4v) is 9.97. The highest BCUT2D eigenvalue weighted by molar-refractivity contribution is 6.27. The number of furan rings is 1. The van der Waals surface area contributed by atoms with Crippen LogP contribution in [-0.2, 0) is 5.41 Å². The summed E-state index contributed by atoms with van der Waals surface area (Å²) in [7, 11) is 0. The molecular formula is C57H40N2O. The Bertz CT molecular complexity index is 3430. The first-order valence-corrected chi connectivity index (χ1v) is 20.8. The second kappa shape index (κ2) is 13.2. The van der Waals surface area contributed by atoms with E-state index in [0.29, 0.717) is 0 Å². The molecule has 284 valence electrons. The van der Waals surface area contributed by atoms with Crippen LogP contribution in [-0.4, -0.2) is 4.57 Å². The molecule has 0 amide bonds. The van der Waals surface area contributed by atoms with Gasteiger partial charge in [0.2, 0.25) is 0 Å². The van der Waals surface area contributed by atoms with Crippen molar-refractivity contribution >= 4 is 60.8 Å². The Balaban J connectivity index is 1.16. The Hall–Kier alpha value is -7.62. The first-order chi connectivity index (χ1) is 29.5. The standard InChI is InChI=1S/C57H40N2O/c1-57(2)48-24-14-12-22-44(48)45-32-30-43(35-49(45)57)58(41-28-26-38(27-29-41)37-16-6-3-7-17-37)42-31-33-50-47(34-42)55-51(59(50)40-20-10-5-11-21-40)36-53-56(46-23-13-15-25-52(46)60-53)54(55)39-18-8-4-9-19-39/h3-36H,1-2H3. The van der Waals surface area contributed by atoms with Gasteiger partial charge in [-0.15, -0.1) is 0 Å². The third kappa shape index (κ3) is 5.15. The van der Waals surface area contributed by atoms with E-state index in [1.54, 1.807) is 0 Å². The SMILES string of the molecule is CC1(C)c2ccccc2-c2ccc(N(c3ccc(-c4ccccc4)cc3)c3ccc4c(c3)c3c(-c5ccccc5)c5c(cc3n4-c3ccccc3)oc3ccccc35)cc21. The molecule has 0 bridgehead atoms. The summed E-state index contributed by atoms with van der Waals surface area (Å²) in [4.78, 5) is 2.44. The molecule has 2 heterocycles. The lowest BCUT2D eigenvalue weighted by Gasteiger charge is -2.28. The van der Waals surface area contributed by atoms with Crippen molar-refractivity contribution < 1.29 is 4.42 Å². The van der Waals surface area contributed by atoms with Crippen molar-refractivity contribution in [3.8, 4) is 39.1 Å². The quantitative estimate of drug-likeness (QED) is 0.168. The summed E-state index contributed by atoms with van der Waals surface area (Å²) in [5.41, 5.74) is 18.4. The second-order valence-electron chi connectivity index (χ2n) is 16.5. The molecule has 60 heavy (non-hydrogen) atoms. The first-order valence-electron chi connectivity index (χ1n) is 20.8. The van der Waals surface area contributed by atoms with Gasteiger partial charge in [0.15, 0.2) is 0 Å². The molecule has 0 spiro atoms. The van der Waals surface area contributed by atoms with Gasteiger partial charge in [0.05, 0.1) is 11.0 Å². The van der Waals surface area contributed by atoms with Gasteiger partial charge in [-0.05, 0) is 99.6 Å². The van der Waals surface area contributed by atoms with Crippen molar-refractivity contribution in [2.24, 2.45) is 0 Å². The first kappa shape index (κ1) is 34.4. The van der Waals surface area contributed by atoms with Crippen LogP contribution in [0, 0.1) is 0 Å². The normalized spacial score (nSPS) is 13.0. The van der Waals surface area contributed by atoms with Crippen LogP contribution in [0.15, 0.2) is 211 Å². The van der Waals surface area contributed by atoms with E-state index in [9.17, 15) is 0 Å². The Morgan fingerprint density at radius 2 is 1.02 bits per heavy atom. The third-order valence-corrected chi connectivity index (χ3v) is 12.8. The highest BCUT2D eigenvalue weighted by Gasteiger charge is 2.36. The topological polar surface area (TPSA) is 21.3 Å². The van der Waals surface area contributed by atoms with E-state index < -0.39 is 0 Å². The Morgan fingerprint density at radius 3 is 1.80 bits per heavy atom. The molecule has 0 atom stereocenters. The average molecular weight is 769 g/mol. The molecule has 3 nitrogen and oxygen atoms in total. The third-order valence-electron chi connectivity index (χ3n) is 12.8. The van der Waals surface area contributed by atoms with Crippen LogP contribution in [0.1, 0.15) is 25.0 Å². The predicted molar refractivity (Wildman–Crippen MR) is 251 cm³/mol. The Kier molecular flexibility index (Phi) is 7.58. The number of nitrogens with zero attached hydrogens (tertiary/aromatic N) is 2. The molecule has 0 aliphatic heterocycles. The molecular weight excluding hydrogens is 729 g/mol. The van der Waals surface area contributed by atoms with Gasteiger partial charge >= 0.3 is 0 Å². The van der Waals surface area contributed by atoms with E-state index in [2.05, 4.69) is 230 Å². The smallest absolute Gasteiger partial charge is 0.138 e. The lowest BCUT2D eigenvalue weighted by atomic mass is 9.82. The van der Waals surface area contributed by atoms with Crippen LogP contribution in [0.5, 0.6) is 0 Å². The van der Waals surface area contributed by atoms with Crippen molar-refractivity contribution in [1.82, 2.24) is 4.57 Å². The summed E-state index contributed by atoms with van der Waals surface area (Å²) in [5.74, 6) is 0. The summed E-state index contributed by atoms with van der Waals surface area (Å²) in [6.07, 6.45) is 0. The van der Waals surface area contributed by atoms with Crippen LogP contribution in [0.3, 0.4) is 0 Å². The van der Waals surface area contributed by atoms with Gasteiger partial charge < -0.3 is 13.9 Å². The molecule has 0 fully saturated rings. The van der Waals surface area contributed by atoms with E-state index in [0.717, 1.165) is 61.3 Å². The van der Waals surface area contributed by atoms with Crippen molar-refractivity contribution in [3.05, 3.63) is 217 Å². The predicted octanol–water partition coefficient (Wildman–Crippen LogP) is 15.8. The van der Waals surface area contributed by atoms with Crippen molar-refractivity contribution in [2.45, 2.75) is 19.3 Å². The number of hydrogen-bond acceptors (Lipinski definition) is 2. The van der Waals surface area contributed by atoms with Gasteiger partial charge in [-0.3, -0.25) is 0 Å². The molecule has 2 aromatic heterocycles. The van der Waals surface area contributed by atoms with Crippen molar-refractivity contribution in [3.63, 3.8) is 0 Å². The molecule has 12 rings (SSSR count). The molecule has 1 aliphatic rings. The Labute approximate surface area is 349 Å². The highest BCUT2D eigenvalue weighted by atomic mass is 16.3. The molecule has 0 unspecified atom stereocenters. The molecule has 0 N–H and O–H groups in total. The van der Waals surface area contributed by atoms with Gasteiger partial charge in [-0.1, -0.05) is 153 Å². The molecule has 9 aromatic carbocycles. The van der Waals surface area contributed by atoms with E-state index in [4.69, 9.17) is 4.42 Å². The summed E-state index contributed by atoms with van der Waals surface area (Å²) < 4.78 is 9.09. The number of anilines is 3. The van der Waals surface area contributed by atoms with Gasteiger partial charge in [0.1, 0.15) is 11.2 Å². The van der Waals surface area contributed by atoms with Crippen LogP contribution in [0.25, 0.3) is 82.8 Å². The van der Waals surface area contributed by atoms with Crippen LogP contribution in [0.4, 0.5) is 17.1 Å². The van der Waals surface area contributed by atoms with Crippen molar-refractivity contribution in [2.75, 3.05) is 4.90 Å². The van der Waals surface area contributed by atoms with E-state index in [1.807, 2.05) is 0 Å². The molecule has 1 aliphatic carbocycles. The van der Waals surface area contributed by atoms with Crippen LogP contribution >= 0.6 is 0 Å². The number of aromatic nitrogens is 1. The zero-order valence-corrected chi connectivity index (χ0v) is 33.4. The lowest BCUT2D eigenvalue weighted by molar-refractivity contribution is 0.660. The number of rotatable bonds is 6. The number of fused-ring (bicyclic) bond motifs is 9. The fourth-order valence-electron chi connectivity index (χ4n) is 9.97. The molecule has 0 saturated carbocycles. The molecule has 0 radical (unpaired) electrons. The highest BCUT2D eigenvalue weighted by Crippen LogP contribution is 2.52. The van der Waals surface area contributed by atoms with Gasteiger partial charge in [-0.25, -0.2) is 0 Å². The summed E-state index contributed by atoms with van der Waals surface area (Å²) in [6.45, 7) is 4.71. The maximum absolute atomic E-state index is 6.68. The zero-order valence-electron chi connectivity index (χ0n) is 33.4. The van der Waals surface area contributed by atoms with Crippen molar-refractivity contribution in [1.29, 1.82) is 0 Å². The lowest BCUT2D eigenvalue weighted by Crippen LogP contribution is -2.16. The second-order valence-corrected chi connectivity index (χ2v) is 16.5. The van der Waals surface area contributed by atoms with Crippen LogP contribution < -0.4 is 4.90 Å². The number of para-hydroxylation sites is 2. The maximum atomic E-state index is 6.68. The number of hydrogen-bond donors (Lipinski definition) is 0.